The van der Waals surface area contributed by atoms with Crippen molar-refractivity contribution in [2.75, 3.05) is 7.11 Å². The molecule has 0 fully saturated rings. The normalized spacial score (nSPS) is 11.6. The van der Waals surface area contributed by atoms with Crippen molar-refractivity contribution in [3.8, 4) is 0 Å². The number of carbonyl (C=O) groups excluding carboxylic acids is 2. The molecule has 128 valence electrons. The SMILES string of the molecule is COC(=O)[C@@H](Cc1c[nH]n(C)c1=O)NC(=O)OCc1ccccc1. The molecule has 0 bridgehead atoms. The van der Waals surface area contributed by atoms with Crippen LogP contribution in [-0.2, 0) is 34.3 Å². The van der Waals surface area contributed by atoms with Gasteiger partial charge in [-0.3, -0.25) is 9.48 Å². The van der Waals surface area contributed by atoms with Gasteiger partial charge < -0.3 is 19.9 Å². The van der Waals surface area contributed by atoms with Crippen molar-refractivity contribution in [3.05, 3.63) is 58.0 Å². The molecule has 24 heavy (non-hydrogen) atoms. The lowest BCUT2D eigenvalue weighted by Crippen LogP contribution is -2.44. The number of ether oxygens (including phenoxy) is 2. The van der Waals surface area contributed by atoms with Gasteiger partial charge in [0.05, 0.1) is 7.11 Å². The number of benzene rings is 1. The first-order valence-electron chi connectivity index (χ1n) is 7.29. The van der Waals surface area contributed by atoms with Gasteiger partial charge in [0.2, 0.25) is 0 Å². The Labute approximate surface area is 138 Å². The standard InChI is InChI=1S/C16H19N3O5/c1-19-14(20)12(9-17-19)8-13(15(21)23-2)18-16(22)24-10-11-6-4-3-5-7-11/h3-7,9,13,17H,8,10H2,1-2H3,(H,18,22)/t13-/m1/s1. The van der Waals surface area contributed by atoms with E-state index in [9.17, 15) is 14.4 Å². The van der Waals surface area contributed by atoms with Crippen LogP contribution >= 0.6 is 0 Å². The van der Waals surface area contributed by atoms with Crippen LogP contribution in [0.5, 0.6) is 0 Å². The van der Waals surface area contributed by atoms with E-state index in [1.807, 2.05) is 30.3 Å². The third kappa shape index (κ3) is 4.48. The summed E-state index contributed by atoms with van der Waals surface area (Å²) in [5.74, 6) is -0.657. The van der Waals surface area contributed by atoms with Gasteiger partial charge in [0.1, 0.15) is 12.6 Å². The average molecular weight is 333 g/mol. The molecule has 0 aliphatic carbocycles. The van der Waals surface area contributed by atoms with Crippen LogP contribution in [0.15, 0.2) is 41.3 Å². The van der Waals surface area contributed by atoms with Gasteiger partial charge in [0, 0.05) is 25.2 Å². The Morgan fingerprint density at radius 3 is 2.58 bits per heavy atom. The third-order valence-corrected chi connectivity index (χ3v) is 3.43. The molecule has 2 N–H and O–H groups in total. The largest absolute Gasteiger partial charge is 0.467 e. The fourth-order valence-corrected chi connectivity index (χ4v) is 2.12. The minimum atomic E-state index is -1.01. The highest BCUT2D eigenvalue weighted by atomic mass is 16.6. The number of methoxy groups -OCH3 is 1. The number of amides is 1. The molecule has 1 aromatic heterocycles. The number of hydrogen-bond donors (Lipinski definition) is 2. The van der Waals surface area contributed by atoms with Gasteiger partial charge >= 0.3 is 12.1 Å². The maximum Gasteiger partial charge on any atom is 0.408 e. The number of H-pyrrole nitrogens is 1. The second-order valence-electron chi connectivity index (χ2n) is 5.15. The number of aryl methyl sites for hydroxylation is 1. The quantitative estimate of drug-likeness (QED) is 0.759. The Kier molecular flexibility index (Phi) is 5.78. The monoisotopic (exact) mass is 333 g/mol. The van der Waals surface area contributed by atoms with Crippen molar-refractivity contribution in [1.29, 1.82) is 0 Å². The summed E-state index contributed by atoms with van der Waals surface area (Å²) in [5.41, 5.74) is 0.904. The van der Waals surface area contributed by atoms with Gasteiger partial charge in [-0.2, -0.15) is 0 Å². The second kappa shape index (κ2) is 8.00. The van der Waals surface area contributed by atoms with Crippen molar-refractivity contribution < 1.29 is 19.1 Å². The van der Waals surface area contributed by atoms with E-state index in [2.05, 4.69) is 15.2 Å². The first-order chi connectivity index (χ1) is 11.5. The maximum atomic E-state index is 11.9. The van der Waals surface area contributed by atoms with Crippen LogP contribution in [0, 0.1) is 0 Å². The Morgan fingerprint density at radius 1 is 1.29 bits per heavy atom. The van der Waals surface area contributed by atoms with Gasteiger partial charge in [-0.05, 0) is 5.56 Å². The molecule has 1 aromatic carbocycles. The van der Waals surface area contributed by atoms with Crippen LogP contribution in [0.4, 0.5) is 4.79 Å². The molecule has 0 radical (unpaired) electrons. The Balaban J connectivity index is 1.98. The van der Waals surface area contributed by atoms with Crippen LogP contribution in [0.3, 0.4) is 0 Å². The van der Waals surface area contributed by atoms with Gasteiger partial charge in [0.25, 0.3) is 5.56 Å². The van der Waals surface area contributed by atoms with E-state index in [4.69, 9.17) is 4.74 Å². The molecule has 2 aromatic rings. The van der Waals surface area contributed by atoms with Crippen molar-refractivity contribution >= 4 is 12.1 Å². The summed E-state index contributed by atoms with van der Waals surface area (Å²) in [4.78, 5) is 35.6. The lowest BCUT2D eigenvalue weighted by molar-refractivity contribution is -0.143. The molecule has 0 aliphatic rings. The molecule has 0 saturated carbocycles. The van der Waals surface area contributed by atoms with E-state index in [0.717, 1.165) is 5.56 Å². The first-order valence-corrected chi connectivity index (χ1v) is 7.29. The number of alkyl carbamates (subject to hydrolysis) is 1. The Hall–Kier alpha value is -3.03. The molecular weight excluding hydrogens is 314 g/mol. The lowest BCUT2D eigenvalue weighted by Gasteiger charge is -2.15. The molecule has 0 unspecified atom stereocenters. The van der Waals surface area contributed by atoms with Crippen molar-refractivity contribution in [2.45, 2.75) is 19.1 Å². The summed E-state index contributed by atoms with van der Waals surface area (Å²) in [5, 5.41) is 5.13. The minimum Gasteiger partial charge on any atom is -0.467 e. The number of hydrogen-bond acceptors (Lipinski definition) is 5. The number of carbonyl (C=O) groups is 2. The summed E-state index contributed by atoms with van der Waals surface area (Å²) < 4.78 is 11.0. The number of esters is 1. The van der Waals surface area contributed by atoms with Gasteiger partial charge in [-0.25, -0.2) is 9.59 Å². The fraction of sp³-hybridized carbons (Fsp3) is 0.312. The molecule has 0 spiro atoms. The zero-order chi connectivity index (χ0) is 17.5. The summed E-state index contributed by atoms with van der Waals surface area (Å²) >= 11 is 0. The number of aromatic nitrogens is 2. The Morgan fingerprint density at radius 2 is 2.00 bits per heavy atom. The van der Waals surface area contributed by atoms with E-state index in [0.29, 0.717) is 5.56 Å². The van der Waals surface area contributed by atoms with Crippen LogP contribution < -0.4 is 10.9 Å². The highest BCUT2D eigenvalue weighted by molar-refractivity contribution is 5.81. The fourth-order valence-electron chi connectivity index (χ4n) is 2.12. The lowest BCUT2D eigenvalue weighted by atomic mass is 10.1. The zero-order valence-electron chi connectivity index (χ0n) is 13.4. The van der Waals surface area contributed by atoms with E-state index in [-0.39, 0.29) is 18.6 Å². The molecule has 8 nitrogen and oxygen atoms in total. The molecule has 0 aliphatic heterocycles. The molecular formula is C16H19N3O5. The molecule has 8 heteroatoms. The predicted octanol–water partition coefficient (Wildman–Crippen LogP) is 0.724. The smallest absolute Gasteiger partial charge is 0.408 e. The zero-order valence-corrected chi connectivity index (χ0v) is 13.4. The van der Waals surface area contributed by atoms with E-state index < -0.39 is 18.1 Å². The van der Waals surface area contributed by atoms with Crippen molar-refractivity contribution in [2.24, 2.45) is 7.05 Å². The predicted molar refractivity (Wildman–Crippen MR) is 85.3 cm³/mol. The highest BCUT2D eigenvalue weighted by Crippen LogP contribution is 2.03. The number of nitrogens with zero attached hydrogens (tertiary/aromatic N) is 1. The summed E-state index contributed by atoms with van der Waals surface area (Å²) in [6.45, 7) is 0.0759. The van der Waals surface area contributed by atoms with Gasteiger partial charge in [0.15, 0.2) is 0 Å². The van der Waals surface area contributed by atoms with Crippen LogP contribution in [0.1, 0.15) is 11.1 Å². The number of aromatic amines is 1. The van der Waals surface area contributed by atoms with Crippen LogP contribution in [0.25, 0.3) is 0 Å². The average Bonchev–Trinajstić information content (AvgIpc) is 2.91. The van der Waals surface area contributed by atoms with Crippen LogP contribution in [-0.4, -0.2) is 35.0 Å². The van der Waals surface area contributed by atoms with E-state index in [1.54, 1.807) is 7.05 Å². The van der Waals surface area contributed by atoms with Crippen molar-refractivity contribution in [3.63, 3.8) is 0 Å². The topological polar surface area (TPSA) is 102 Å². The molecule has 2 rings (SSSR count). The van der Waals surface area contributed by atoms with Gasteiger partial charge in [-0.1, -0.05) is 30.3 Å². The van der Waals surface area contributed by atoms with Crippen LogP contribution in [0.2, 0.25) is 0 Å². The molecule has 0 saturated heterocycles. The highest BCUT2D eigenvalue weighted by Gasteiger charge is 2.24. The Bertz CT molecular complexity index is 751. The molecule has 1 heterocycles. The summed E-state index contributed by atoms with van der Waals surface area (Å²) in [6.07, 6.45) is 0.722. The summed E-state index contributed by atoms with van der Waals surface area (Å²) in [6, 6.07) is 8.13. The third-order valence-electron chi connectivity index (χ3n) is 3.43. The second-order valence-corrected chi connectivity index (χ2v) is 5.15. The van der Waals surface area contributed by atoms with Gasteiger partial charge in [-0.15, -0.1) is 0 Å². The number of rotatable bonds is 6. The van der Waals surface area contributed by atoms with Crippen molar-refractivity contribution in [1.82, 2.24) is 15.1 Å². The molecule has 1 atom stereocenters. The maximum absolute atomic E-state index is 11.9. The summed E-state index contributed by atoms with van der Waals surface area (Å²) in [7, 11) is 2.77. The number of nitrogens with one attached hydrogen (secondary N) is 2. The van der Waals surface area contributed by atoms with E-state index >= 15 is 0 Å². The first kappa shape index (κ1) is 17.3. The molecule has 1 amide bonds. The van der Waals surface area contributed by atoms with E-state index in [1.165, 1.54) is 18.0 Å². The minimum absolute atomic E-state index is 0.00326.